The van der Waals surface area contributed by atoms with Crippen molar-refractivity contribution in [1.82, 2.24) is 15.2 Å². The van der Waals surface area contributed by atoms with Crippen molar-refractivity contribution in [3.8, 4) is 0 Å². The lowest BCUT2D eigenvalue weighted by Crippen LogP contribution is -2.67. The number of hydrogen-bond acceptors (Lipinski definition) is 3. The van der Waals surface area contributed by atoms with Crippen LogP contribution in [0.2, 0.25) is 5.02 Å². The SMILES string of the molecule is Cc1nc(C(F)(F)F)ccc1C(=O)N1CCC1(C)C(=O)NCc1ccc(Cl)cc1. The first kappa shape index (κ1) is 21.1. The van der Waals surface area contributed by atoms with E-state index in [4.69, 9.17) is 11.6 Å². The minimum absolute atomic E-state index is 0.0272. The third-order valence-electron chi connectivity index (χ3n) is 5.13. The summed E-state index contributed by atoms with van der Waals surface area (Å²) >= 11 is 5.84. The molecular formula is C20H19ClF3N3O2. The number of rotatable bonds is 4. The summed E-state index contributed by atoms with van der Waals surface area (Å²) in [7, 11) is 0. The third-order valence-corrected chi connectivity index (χ3v) is 5.38. The van der Waals surface area contributed by atoms with Gasteiger partial charge in [0, 0.05) is 18.1 Å². The number of amides is 2. The molecule has 1 saturated heterocycles. The Hall–Kier alpha value is -2.61. The summed E-state index contributed by atoms with van der Waals surface area (Å²) in [6.45, 7) is 3.59. The first-order valence-electron chi connectivity index (χ1n) is 8.92. The van der Waals surface area contributed by atoms with Gasteiger partial charge in [-0.25, -0.2) is 4.98 Å². The number of carbonyl (C=O) groups excluding carboxylic acids is 2. The van der Waals surface area contributed by atoms with Crippen molar-refractivity contribution in [2.45, 2.75) is 38.5 Å². The van der Waals surface area contributed by atoms with Crippen molar-refractivity contribution < 1.29 is 22.8 Å². The topological polar surface area (TPSA) is 62.3 Å². The molecule has 1 unspecified atom stereocenters. The standard InChI is InChI=1S/C20H19ClF3N3O2/c1-12-15(7-8-16(26-12)20(22,23)24)17(28)27-10-9-19(27,2)18(29)25-11-13-3-5-14(21)6-4-13/h3-8H,9-11H2,1-2H3,(H,25,29). The average molecular weight is 426 g/mol. The Morgan fingerprint density at radius 1 is 1.21 bits per heavy atom. The van der Waals surface area contributed by atoms with Crippen molar-refractivity contribution >= 4 is 23.4 Å². The molecule has 2 amide bonds. The van der Waals surface area contributed by atoms with Crippen LogP contribution in [0.15, 0.2) is 36.4 Å². The molecule has 1 aromatic carbocycles. The molecule has 0 spiro atoms. The number of aryl methyl sites for hydroxylation is 1. The van der Waals surface area contributed by atoms with Gasteiger partial charge >= 0.3 is 6.18 Å². The first-order valence-corrected chi connectivity index (χ1v) is 9.30. The Labute approximate surface area is 170 Å². The van der Waals surface area contributed by atoms with Gasteiger partial charge in [-0.2, -0.15) is 13.2 Å². The highest BCUT2D eigenvalue weighted by Crippen LogP contribution is 2.34. The molecule has 1 atom stereocenters. The normalized spacial score (nSPS) is 18.9. The number of carbonyl (C=O) groups is 2. The highest BCUT2D eigenvalue weighted by atomic mass is 35.5. The van der Waals surface area contributed by atoms with E-state index in [2.05, 4.69) is 10.3 Å². The van der Waals surface area contributed by atoms with Crippen LogP contribution in [-0.4, -0.2) is 33.8 Å². The van der Waals surface area contributed by atoms with Crippen molar-refractivity contribution in [1.29, 1.82) is 0 Å². The van der Waals surface area contributed by atoms with E-state index in [1.54, 1.807) is 31.2 Å². The summed E-state index contributed by atoms with van der Waals surface area (Å²) < 4.78 is 38.4. The smallest absolute Gasteiger partial charge is 0.350 e. The maximum Gasteiger partial charge on any atom is 0.433 e. The van der Waals surface area contributed by atoms with Crippen LogP contribution >= 0.6 is 11.6 Å². The zero-order chi connectivity index (χ0) is 21.4. The number of pyridine rings is 1. The molecule has 2 heterocycles. The highest BCUT2D eigenvalue weighted by Gasteiger charge is 2.49. The van der Waals surface area contributed by atoms with E-state index in [0.717, 1.165) is 17.7 Å². The van der Waals surface area contributed by atoms with Gasteiger partial charge in [0.2, 0.25) is 5.91 Å². The number of hydrogen-bond donors (Lipinski definition) is 1. The largest absolute Gasteiger partial charge is 0.433 e. The van der Waals surface area contributed by atoms with E-state index in [-0.39, 0.29) is 23.7 Å². The molecule has 1 aliphatic heterocycles. The van der Waals surface area contributed by atoms with Gasteiger partial charge in [0.15, 0.2) is 0 Å². The summed E-state index contributed by atoms with van der Waals surface area (Å²) in [5.41, 5.74) is -1.25. The predicted octanol–water partition coefficient (Wildman–Crippen LogP) is 3.98. The second-order valence-electron chi connectivity index (χ2n) is 7.12. The van der Waals surface area contributed by atoms with Crippen LogP contribution in [0.1, 0.15) is 40.7 Å². The summed E-state index contributed by atoms with van der Waals surface area (Å²) in [6.07, 6.45) is -4.13. The number of benzene rings is 1. The maximum atomic E-state index is 12.9. The summed E-state index contributed by atoms with van der Waals surface area (Å²) in [5.74, 6) is -0.844. The summed E-state index contributed by atoms with van der Waals surface area (Å²) in [6, 6.07) is 8.88. The second kappa shape index (κ2) is 7.67. The second-order valence-corrected chi connectivity index (χ2v) is 7.55. The van der Waals surface area contributed by atoms with Gasteiger partial charge in [0.25, 0.3) is 5.91 Å². The molecule has 1 N–H and O–H groups in total. The van der Waals surface area contributed by atoms with Gasteiger partial charge in [-0.05, 0) is 50.1 Å². The molecule has 154 valence electrons. The Morgan fingerprint density at radius 2 is 1.86 bits per heavy atom. The summed E-state index contributed by atoms with van der Waals surface area (Å²) in [5, 5.41) is 3.39. The average Bonchev–Trinajstić information content (AvgIpc) is 2.64. The van der Waals surface area contributed by atoms with E-state index < -0.39 is 23.3 Å². The zero-order valence-electron chi connectivity index (χ0n) is 15.8. The summed E-state index contributed by atoms with van der Waals surface area (Å²) in [4.78, 5) is 30.4. The fraction of sp³-hybridized carbons (Fsp3) is 0.350. The molecule has 0 aliphatic carbocycles. The van der Waals surface area contributed by atoms with Gasteiger partial charge in [-0.15, -0.1) is 0 Å². The lowest BCUT2D eigenvalue weighted by Gasteiger charge is -2.49. The van der Waals surface area contributed by atoms with Crippen LogP contribution in [0, 0.1) is 6.92 Å². The fourth-order valence-electron chi connectivity index (χ4n) is 3.19. The van der Waals surface area contributed by atoms with Crippen LogP contribution in [0.3, 0.4) is 0 Å². The number of aromatic nitrogens is 1. The number of nitrogens with zero attached hydrogens (tertiary/aromatic N) is 2. The van der Waals surface area contributed by atoms with Crippen LogP contribution in [0.4, 0.5) is 13.2 Å². The highest BCUT2D eigenvalue weighted by molar-refractivity contribution is 6.30. The van der Waals surface area contributed by atoms with Gasteiger partial charge in [-0.3, -0.25) is 9.59 Å². The molecule has 1 fully saturated rings. The van der Waals surface area contributed by atoms with E-state index in [0.29, 0.717) is 18.0 Å². The van der Waals surface area contributed by atoms with E-state index in [1.807, 2.05) is 0 Å². The molecule has 0 radical (unpaired) electrons. The Kier molecular flexibility index (Phi) is 5.58. The van der Waals surface area contributed by atoms with Gasteiger partial charge in [0.05, 0.1) is 11.3 Å². The van der Waals surface area contributed by atoms with Crippen molar-refractivity contribution in [2.75, 3.05) is 6.54 Å². The lowest BCUT2D eigenvalue weighted by atomic mass is 9.84. The number of alkyl halides is 3. The van der Waals surface area contributed by atoms with Crippen LogP contribution in [-0.2, 0) is 17.5 Å². The molecule has 5 nitrogen and oxygen atoms in total. The predicted molar refractivity (Wildman–Crippen MR) is 101 cm³/mol. The third kappa shape index (κ3) is 4.22. The lowest BCUT2D eigenvalue weighted by molar-refractivity contribution is -0.141. The minimum atomic E-state index is -4.58. The van der Waals surface area contributed by atoms with Crippen LogP contribution < -0.4 is 5.32 Å². The first-order chi connectivity index (χ1) is 13.5. The molecule has 29 heavy (non-hydrogen) atoms. The molecule has 9 heteroatoms. The van der Waals surface area contributed by atoms with E-state index in [9.17, 15) is 22.8 Å². The zero-order valence-corrected chi connectivity index (χ0v) is 16.6. The van der Waals surface area contributed by atoms with Crippen molar-refractivity contribution in [3.63, 3.8) is 0 Å². The molecular weight excluding hydrogens is 407 g/mol. The monoisotopic (exact) mass is 425 g/mol. The molecule has 1 aromatic heterocycles. The van der Waals surface area contributed by atoms with E-state index >= 15 is 0 Å². The molecule has 0 bridgehead atoms. The van der Waals surface area contributed by atoms with Crippen molar-refractivity contribution in [3.05, 3.63) is 63.9 Å². The molecule has 0 saturated carbocycles. The Bertz CT molecular complexity index is 947. The molecule has 1 aliphatic rings. The van der Waals surface area contributed by atoms with Crippen LogP contribution in [0.25, 0.3) is 0 Å². The van der Waals surface area contributed by atoms with Crippen LogP contribution in [0.5, 0.6) is 0 Å². The molecule has 3 rings (SSSR count). The fourth-order valence-corrected chi connectivity index (χ4v) is 3.31. The van der Waals surface area contributed by atoms with Crippen molar-refractivity contribution in [2.24, 2.45) is 0 Å². The minimum Gasteiger partial charge on any atom is -0.350 e. The number of halogens is 4. The van der Waals surface area contributed by atoms with Gasteiger partial charge < -0.3 is 10.2 Å². The number of likely N-dealkylation sites (tertiary alicyclic amines) is 1. The maximum absolute atomic E-state index is 12.9. The molecule has 2 aromatic rings. The Morgan fingerprint density at radius 3 is 2.38 bits per heavy atom. The van der Waals surface area contributed by atoms with E-state index in [1.165, 1.54) is 11.8 Å². The number of nitrogens with one attached hydrogen (secondary N) is 1. The van der Waals surface area contributed by atoms with Gasteiger partial charge in [0.1, 0.15) is 11.2 Å². The Balaban J connectivity index is 1.71. The quantitative estimate of drug-likeness (QED) is 0.805. The van der Waals surface area contributed by atoms with Gasteiger partial charge in [-0.1, -0.05) is 23.7 Å².